The summed E-state index contributed by atoms with van der Waals surface area (Å²) in [5, 5.41) is 32.0. The SMILES string of the molecule is CN(/N=C/C1=C(C(=O)O)N2C(=O)[C@@H](NC(=O)/C(=N\OCF)c3nsc(N)n3)C2SC1)C(=N)N[C@H]1CC[C@H](C)CC1. The molecule has 1 saturated carbocycles. The molecule has 1 aromatic heterocycles. The number of aromatic nitrogens is 2. The van der Waals surface area contributed by atoms with Gasteiger partial charge in [-0.05, 0) is 31.6 Å². The first kappa shape index (κ1) is 29.2. The maximum absolute atomic E-state index is 13.0. The highest BCUT2D eigenvalue weighted by atomic mass is 32.2. The number of hydrazone groups is 1. The Morgan fingerprint density at radius 2 is 2.08 bits per heavy atom. The Bertz CT molecular complexity index is 1260. The molecule has 0 spiro atoms. The minimum atomic E-state index is -1.34. The number of anilines is 1. The predicted octanol–water partition coefficient (Wildman–Crippen LogP) is 0.527. The first-order valence-corrected chi connectivity index (χ1v) is 14.1. The quantitative estimate of drug-likeness (QED) is 0.115. The molecular formula is C22H29FN10O5S2. The van der Waals surface area contributed by atoms with Crippen molar-refractivity contribution < 1.29 is 28.7 Å². The lowest BCUT2D eigenvalue weighted by atomic mass is 9.87. The molecule has 15 nitrogen and oxygen atoms in total. The Hall–Kier alpha value is -3.80. The van der Waals surface area contributed by atoms with Gasteiger partial charge in [0.2, 0.25) is 17.5 Å². The molecule has 6 N–H and O–H groups in total. The Morgan fingerprint density at radius 1 is 1.35 bits per heavy atom. The number of carbonyl (C=O) groups excluding carboxylic acids is 2. The van der Waals surface area contributed by atoms with Crippen molar-refractivity contribution >= 4 is 64.1 Å². The second kappa shape index (κ2) is 12.6. The molecule has 0 aromatic carbocycles. The van der Waals surface area contributed by atoms with E-state index in [-0.39, 0.29) is 40.0 Å². The molecule has 216 valence electrons. The van der Waals surface area contributed by atoms with Crippen LogP contribution < -0.4 is 16.4 Å². The van der Waals surface area contributed by atoms with E-state index in [1.807, 2.05) is 0 Å². The summed E-state index contributed by atoms with van der Waals surface area (Å²) in [5.74, 6) is -2.19. The summed E-state index contributed by atoms with van der Waals surface area (Å²) < 4.78 is 16.4. The minimum Gasteiger partial charge on any atom is -0.477 e. The lowest BCUT2D eigenvalue weighted by Crippen LogP contribution is -2.71. The van der Waals surface area contributed by atoms with Crippen molar-refractivity contribution in [1.82, 2.24) is 29.9 Å². The van der Waals surface area contributed by atoms with Crippen molar-refractivity contribution in [1.29, 1.82) is 5.41 Å². The molecule has 2 atom stereocenters. The molecule has 1 aromatic rings. The van der Waals surface area contributed by atoms with Crippen LogP contribution in [0.5, 0.6) is 0 Å². The summed E-state index contributed by atoms with van der Waals surface area (Å²) in [7, 11) is 1.58. The average molecular weight is 597 g/mol. The van der Waals surface area contributed by atoms with E-state index in [9.17, 15) is 23.9 Å². The maximum atomic E-state index is 13.0. The van der Waals surface area contributed by atoms with Gasteiger partial charge in [0, 0.05) is 35.9 Å². The summed E-state index contributed by atoms with van der Waals surface area (Å²) in [6, 6.07) is -0.903. The van der Waals surface area contributed by atoms with E-state index in [0.29, 0.717) is 5.92 Å². The number of nitrogens with two attached hydrogens (primary N) is 1. The number of carboxylic acid groups (broad SMARTS) is 1. The van der Waals surface area contributed by atoms with Gasteiger partial charge in [0.25, 0.3) is 18.7 Å². The van der Waals surface area contributed by atoms with Crippen molar-refractivity contribution in [2.45, 2.75) is 50.1 Å². The number of oxime groups is 1. The number of fused-ring (bicyclic) bond motifs is 1. The van der Waals surface area contributed by atoms with Crippen molar-refractivity contribution in [3.8, 4) is 0 Å². The van der Waals surface area contributed by atoms with Crippen LogP contribution in [0, 0.1) is 11.3 Å². The lowest BCUT2D eigenvalue weighted by Gasteiger charge is -2.49. The molecule has 0 radical (unpaired) electrons. The molecule has 3 aliphatic rings. The summed E-state index contributed by atoms with van der Waals surface area (Å²) in [4.78, 5) is 47.2. The van der Waals surface area contributed by atoms with E-state index in [2.05, 4.69) is 42.0 Å². The van der Waals surface area contributed by atoms with Gasteiger partial charge in [-0.3, -0.25) is 19.9 Å². The van der Waals surface area contributed by atoms with Crippen LogP contribution in [0.2, 0.25) is 0 Å². The van der Waals surface area contributed by atoms with Crippen LogP contribution in [0.1, 0.15) is 38.4 Å². The Morgan fingerprint density at radius 3 is 2.70 bits per heavy atom. The summed E-state index contributed by atoms with van der Waals surface area (Å²) in [6.07, 6.45) is 5.43. The number of aliphatic carboxylic acids is 1. The van der Waals surface area contributed by atoms with Crippen LogP contribution in [0.4, 0.5) is 9.52 Å². The fourth-order valence-electron chi connectivity index (χ4n) is 4.46. The van der Waals surface area contributed by atoms with Gasteiger partial charge < -0.3 is 26.3 Å². The molecular weight excluding hydrogens is 567 g/mol. The predicted molar refractivity (Wildman–Crippen MR) is 146 cm³/mol. The average Bonchev–Trinajstić information content (AvgIpc) is 3.36. The molecule has 40 heavy (non-hydrogen) atoms. The summed E-state index contributed by atoms with van der Waals surface area (Å²) >= 11 is 2.01. The largest absolute Gasteiger partial charge is 0.477 e. The Balaban J connectivity index is 1.43. The number of hydrogen-bond acceptors (Lipinski definition) is 12. The molecule has 2 aliphatic heterocycles. The molecule has 18 heteroatoms. The van der Waals surface area contributed by atoms with Crippen molar-refractivity contribution in [3.63, 3.8) is 0 Å². The first-order chi connectivity index (χ1) is 19.1. The highest BCUT2D eigenvalue weighted by Crippen LogP contribution is 2.40. The van der Waals surface area contributed by atoms with Gasteiger partial charge in [-0.15, -0.1) is 11.8 Å². The van der Waals surface area contributed by atoms with E-state index in [1.54, 1.807) is 7.05 Å². The molecule has 3 heterocycles. The smallest absolute Gasteiger partial charge is 0.353 e. The first-order valence-electron chi connectivity index (χ1n) is 12.3. The number of hydrogen-bond donors (Lipinski definition) is 5. The number of carboxylic acids is 1. The lowest BCUT2D eigenvalue weighted by molar-refractivity contribution is -0.150. The molecule has 1 aliphatic carbocycles. The van der Waals surface area contributed by atoms with Crippen molar-refractivity contribution in [2.75, 3.05) is 25.4 Å². The van der Waals surface area contributed by atoms with Gasteiger partial charge >= 0.3 is 5.97 Å². The number of thioether (sulfide) groups is 1. The van der Waals surface area contributed by atoms with Crippen LogP contribution in [-0.4, -0.2) is 97.2 Å². The molecule has 0 bridgehead atoms. The number of guanidine groups is 1. The van der Waals surface area contributed by atoms with Gasteiger partial charge in [0.05, 0.1) is 6.21 Å². The zero-order valence-corrected chi connectivity index (χ0v) is 23.3. The number of nitrogens with zero attached hydrogens (tertiary/aromatic N) is 6. The van der Waals surface area contributed by atoms with Crippen molar-refractivity contribution in [2.24, 2.45) is 16.2 Å². The molecule has 1 saturated heterocycles. The van der Waals surface area contributed by atoms with Crippen LogP contribution >= 0.6 is 23.3 Å². The summed E-state index contributed by atoms with van der Waals surface area (Å²) in [6.45, 7) is 0.899. The number of amides is 2. The van der Waals surface area contributed by atoms with E-state index >= 15 is 0 Å². The summed E-state index contributed by atoms with van der Waals surface area (Å²) in [5.41, 5.74) is 5.07. The van der Waals surface area contributed by atoms with Gasteiger partial charge in [-0.25, -0.2) is 14.2 Å². The topological polar surface area (TPSA) is 212 Å². The third kappa shape index (κ3) is 6.33. The van der Waals surface area contributed by atoms with Gasteiger partial charge in [-0.1, -0.05) is 12.1 Å². The number of β-lactam (4-membered cyclic amide) rings is 1. The molecule has 1 unspecified atom stereocenters. The highest BCUT2D eigenvalue weighted by molar-refractivity contribution is 8.00. The van der Waals surface area contributed by atoms with Gasteiger partial charge in [0.15, 0.2) is 5.13 Å². The molecule has 2 fully saturated rings. The number of nitrogen functional groups attached to an aromatic ring is 1. The fourth-order valence-corrected chi connectivity index (χ4v) is 6.19. The van der Waals surface area contributed by atoms with E-state index in [1.165, 1.54) is 23.0 Å². The third-order valence-electron chi connectivity index (χ3n) is 6.63. The van der Waals surface area contributed by atoms with Gasteiger partial charge in [0.1, 0.15) is 17.1 Å². The highest BCUT2D eigenvalue weighted by Gasteiger charge is 2.54. The molecule has 2 amide bonds. The number of alkyl halides is 1. The van der Waals surface area contributed by atoms with Crippen molar-refractivity contribution in [3.05, 3.63) is 17.1 Å². The standard InChI is InChI=1S/C22H29FN10O5S2/c1-10-3-5-12(6-4-10)27-21(24)32(2)26-7-11-8-39-19-14(18(35)33(19)15(11)20(36)37)28-17(34)13(30-38-9-23)16-29-22(25)40-31-16/h7,10,12,14,19H,3-6,8-9H2,1-2H3,(H2,24,27)(H,28,34)(H,36,37)(H2,25,29,31)/b26-7+,30-13-/t10-,12-,14-,19?/m1/s1. The fraction of sp³-hybridized carbons (Fsp3) is 0.545. The normalized spacial score (nSPS) is 24.8. The third-order valence-corrected chi connectivity index (χ3v) is 8.47. The number of carbonyl (C=O) groups is 3. The number of nitrogens with one attached hydrogen (secondary N) is 3. The van der Waals surface area contributed by atoms with Crippen LogP contribution in [0.25, 0.3) is 0 Å². The second-order valence-electron chi connectivity index (χ2n) is 9.39. The second-order valence-corrected chi connectivity index (χ2v) is 11.3. The van der Waals surface area contributed by atoms with Gasteiger partial charge in [-0.2, -0.15) is 14.5 Å². The monoisotopic (exact) mass is 596 g/mol. The minimum absolute atomic E-state index is 0.0371. The number of halogens is 1. The van der Waals surface area contributed by atoms with Crippen LogP contribution in [0.3, 0.4) is 0 Å². The van der Waals surface area contributed by atoms with Crippen LogP contribution in [0.15, 0.2) is 21.5 Å². The molecule has 4 rings (SSSR count). The van der Waals surface area contributed by atoms with Crippen LogP contribution in [-0.2, 0) is 19.2 Å². The maximum Gasteiger partial charge on any atom is 0.353 e. The zero-order valence-electron chi connectivity index (χ0n) is 21.7. The Kier molecular flexibility index (Phi) is 9.18. The number of rotatable bonds is 9. The van der Waals surface area contributed by atoms with E-state index < -0.39 is 41.8 Å². The van der Waals surface area contributed by atoms with E-state index in [4.69, 9.17) is 11.1 Å². The zero-order chi connectivity index (χ0) is 29.0. The van der Waals surface area contributed by atoms with E-state index in [0.717, 1.165) is 42.1 Å². The Labute approximate surface area is 236 Å².